The molecule has 12 heteroatoms. The van der Waals surface area contributed by atoms with Gasteiger partial charge in [0.05, 0.1) is 38.6 Å². The minimum absolute atomic E-state index is 0.119. The van der Waals surface area contributed by atoms with Gasteiger partial charge in [-0.05, 0) is 23.8 Å². The van der Waals surface area contributed by atoms with Crippen molar-refractivity contribution < 1.29 is 18.7 Å². The minimum atomic E-state index is -0.497. The van der Waals surface area contributed by atoms with Crippen LogP contribution in [0.25, 0.3) is 11.4 Å². The molecule has 2 aromatic heterocycles. The van der Waals surface area contributed by atoms with E-state index in [1.807, 2.05) is 4.90 Å². The summed E-state index contributed by atoms with van der Waals surface area (Å²) >= 11 is 0. The zero-order chi connectivity index (χ0) is 23.3. The highest BCUT2D eigenvalue weighted by molar-refractivity contribution is 5.96. The monoisotopic (exact) mass is 454 g/mol. The number of carbonyl (C=O) groups is 1. The summed E-state index contributed by atoms with van der Waals surface area (Å²) in [4.78, 5) is 21.6. The number of rotatable bonds is 1. The molecule has 5 rings (SSSR count). The lowest BCUT2D eigenvalue weighted by Gasteiger charge is -2.38. The lowest BCUT2D eigenvalue weighted by molar-refractivity contribution is 0.0771. The number of amides is 1. The van der Waals surface area contributed by atoms with Crippen molar-refractivity contribution in [1.82, 2.24) is 29.9 Å². The van der Waals surface area contributed by atoms with Gasteiger partial charge in [-0.3, -0.25) is 4.79 Å². The number of hydrogen-bond donors (Lipinski definition) is 1. The number of carbonyl (C=O) groups excluding carboxylic acids is 1. The van der Waals surface area contributed by atoms with E-state index in [2.05, 4.69) is 15.3 Å². The summed E-state index contributed by atoms with van der Waals surface area (Å²) in [6, 6.07) is 3.64. The second-order valence-corrected chi connectivity index (χ2v) is 7.98. The Morgan fingerprint density at radius 2 is 2.09 bits per heavy atom. The summed E-state index contributed by atoms with van der Waals surface area (Å²) in [5.41, 5.74) is 8.11. The lowest BCUT2D eigenvalue weighted by Crippen LogP contribution is -2.42. The molecule has 2 N–H and O–H groups in total. The summed E-state index contributed by atoms with van der Waals surface area (Å²) in [6.45, 7) is 1.21. The molecule has 4 heterocycles. The van der Waals surface area contributed by atoms with Crippen molar-refractivity contribution in [2.75, 3.05) is 44.5 Å². The Hall–Kier alpha value is -3.80. The molecule has 0 aliphatic carbocycles. The molecular weight excluding hydrogens is 431 g/mol. The van der Waals surface area contributed by atoms with Gasteiger partial charge in [0.2, 0.25) is 5.88 Å². The van der Waals surface area contributed by atoms with Gasteiger partial charge in [0.1, 0.15) is 11.4 Å². The Bertz CT molecular complexity index is 1250. The maximum atomic E-state index is 14.3. The van der Waals surface area contributed by atoms with Gasteiger partial charge in [-0.25, -0.2) is 14.1 Å². The number of morpholine rings is 1. The van der Waals surface area contributed by atoms with Gasteiger partial charge in [0, 0.05) is 26.2 Å². The molecule has 0 unspecified atom stereocenters. The van der Waals surface area contributed by atoms with Gasteiger partial charge >= 0.3 is 0 Å². The molecular formula is C21H23FN8O3. The first-order valence-electron chi connectivity index (χ1n) is 10.4. The third-order valence-corrected chi connectivity index (χ3v) is 5.91. The van der Waals surface area contributed by atoms with Crippen LogP contribution in [-0.2, 0) is 18.3 Å². The highest BCUT2D eigenvalue weighted by Crippen LogP contribution is 2.37. The number of hydrogen-bond acceptors (Lipinski definition) is 9. The molecule has 0 spiro atoms. The number of halogens is 1. The number of ether oxygens (including phenoxy) is 2. The summed E-state index contributed by atoms with van der Waals surface area (Å²) in [5, 5.41) is 12.9. The quantitative estimate of drug-likeness (QED) is 0.577. The number of aromatic nitrogens is 5. The Balaban J connectivity index is 1.80. The SMILES string of the molecule is COc1c2c(nn1C)CN(C)C(=O)c1ccc(F)cc1[C@H]1COCCN1c1nc-2nnc1N. The molecule has 11 nitrogen and oxygen atoms in total. The maximum Gasteiger partial charge on any atom is 0.254 e. The van der Waals surface area contributed by atoms with Crippen LogP contribution in [0.4, 0.5) is 16.0 Å². The first-order valence-corrected chi connectivity index (χ1v) is 10.4. The van der Waals surface area contributed by atoms with Crippen molar-refractivity contribution in [3.63, 3.8) is 0 Å². The van der Waals surface area contributed by atoms with Gasteiger partial charge in [0.25, 0.3) is 5.91 Å². The number of nitrogen functional groups attached to an aromatic ring is 1. The molecule has 33 heavy (non-hydrogen) atoms. The van der Waals surface area contributed by atoms with Crippen LogP contribution >= 0.6 is 0 Å². The van der Waals surface area contributed by atoms with E-state index in [0.29, 0.717) is 47.2 Å². The van der Waals surface area contributed by atoms with Crippen molar-refractivity contribution in [2.45, 2.75) is 12.6 Å². The molecule has 2 bridgehead atoms. The topological polar surface area (TPSA) is 125 Å². The summed E-state index contributed by atoms with van der Waals surface area (Å²) in [7, 11) is 4.92. The Morgan fingerprint density at radius 3 is 2.88 bits per heavy atom. The molecule has 1 aromatic carbocycles. The van der Waals surface area contributed by atoms with Gasteiger partial charge in [-0.1, -0.05) is 0 Å². The van der Waals surface area contributed by atoms with Gasteiger partial charge in [-0.2, -0.15) is 5.10 Å². The third kappa shape index (κ3) is 3.42. The van der Waals surface area contributed by atoms with Crippen LogP contribution in [0.2, 0.25) is 0 Å². The third-order valence-electron chi connectivity index (χ3n) is 5.91. The number of methoxy groups -OCH3 is 1. The van der Waals surface area contributed by atoms with Crippen LogP contribution in [0.1, 0.15) is 27.7 Å². The van der Waals surface area contributed by atoms with Crippen LogP contribution in [-0.4, -0.2) is 69.7 Å². The molecule has 3 aromatic rings. The zero-order valence-electron chi connectivity index (χ0n) is 18.4. The van der Waals surface area contributed by atoms with Crippen molar-refractivity contribution in [2.24, 2.45) is 7.05 Å². The van der Waals surface area contributed by atoms with Gasteiger partial charge in [0.15, 0.2) is 17.5 Å². The average molecular weight is 454 g/mol. The first kappa shape index (κ1) is 21.1. The standard InChI is InChI=1S/C21H23FN8O3/c1-28-9-14-16(21(32-3)29(2)27-14)18-24-19(17(23)25-26-18)30-6-7-33-10-15(30)13-8-11(22)4-5-12(13)20(28)31/h4-5,8,15H,6-7,9-10H2,1-3H3,(H2,23,25)/t15-/m1/s1. The second kappa shape index (κ2) is 7.96. The predicted molar refractivity (Wildman–Crippen MR) is 116 cm³/mol. The zero-order valence-corrected chi connectivity index (χ0v) is 18.4. The Kier molecular flexibility index (Phi) is 5.08. The van der Waals surface area contributed by atoms with Crippen molar-refractivity contribution in [3.05, 3.63) is 40.8 Å². The van der Waals surface area contributed by atoms with Crippen LogP contribution < -0.4 is 15.4 Å². The predicted octanol–water partition coefficient (Wildman–Crippen LogP) is 1.17. The molecule has 1 fully saturated rings. The van der Waals surface area contributed by atoms with Crippen molar-refractivity contribution in [3.8, 4) is 17.3 Å². The number of nitrogens with two attached hydrogens (primary N) is 1. The summed E-state index contributed by atoms with van der Waals surface area (Å²) in [6.07, 6.45) is 0. The summed E-state index contributed by atoms with van der Waals surface area (Å²) < 4.78 is 27.2. The van der Waals surface area contributed by atoms with E-state index in [4.69, 9.17) is 20.2 Å². The first-order chi connectivity index (χ1) is 15.9. The van der Waals surface area contributed by atoms with E-state index in [-0.39, 0.29) is 30.7 Å². The molecule has 172 valence electrons. The molecule has 2 aliphatic rings. The molecule has 1 saturated heterocycles. The second-order valence-electron chi connectivity index (χ2n) is 7.98. The van der Waals surface area contributed by atoms with Gasteiger partial charge < -0.3 is 25.0 Å². The smallest absolute Gasteiger partial charge is 0.254 e. The number of anilines is 2. The van der Waals surface area contributed by atoms with Gasteiger partial charge in [-0.15, -0.1) is 10.2 Å². The number of fused-ring (bicyclic) bond motifs is 8. The normalized spacial score (nSPS) is 18.1. The van der Waals surface area contributed by atoms with Crippen LogP contribution in [0, 0.1) is 5.82 Å². The van der Waals surface area contributed by atoms with E-state index in [9.17, 15) is 9.18 Å². The molecule has 0 saturated carbocycles. The molecule has 1 amide bonds. The highest BCUT2D eigenvalue weighted by atomic mass is 19.1. The maximum absolute atomic E-state index is 14.3. The Labute approximate surface area is 188 Å². The van der Waals surface area contributed by atoms with Crippen LogP contribution in [0.15, 0.2) is 18.2 Å². The fourth-order valence-corrected chi connectivity index (χ4v) is 4.40. The Morgan fingerprint density at radius 1 is 1.27 bits per heavy atom. The highest BCUT2D eigenvalue weighted by Gasteiger charge is 2.34. The number of benzene rings is 1. The largest absolute Gasteiger partial charge is 0.481 e. The number of nitrogens with zero attached hydrogens (tertiary/aromatic N) is 7. The fraction of sp³-hybridized carbons (Fsp3) is 0.381. The minimum Gasteiger partial charge on any atom is -0.481 e. The van der Waals surface area contributed by atoms with Crippen LogP contribution in [0.5, 0.6) is 5.88 Å². The summed E-state index contributed by atoms with van der Waals surface area (Å²) in [5.74, 6) is 0.470. The fourth-order valence-electron chi connectivity index (χ4n) is 4.40. The molecule has 1 atom stereocenters. The van der Waals surface area contributed by atoms with E-state index in [1.54, 1.807) is 18.8 Å². The molecule has 2 aliphatic heterocycles. The van der Waals surface area contributed by atoms with Crippen molar-refractivity contribution in [1.29, 1.82) is 0 Å². The molecule has 0 radical (unpaired) electrons. The number of aryl methyl sites for hydroxylation is 1. The van der Waals surface area contributed by atoms with E-state index >= 15 is 0 Å². The van der Waals surface area contributed by atoms with Crippen LogP contribution in [0.3, 0.4) is 0 Å². The van der Waals surface area contributed by atoms with E-state index in [1.165, 1.54) is 30.2 Å². The van der Waals surface area contributed by atoms with E-state index in [0.717, 1.165) is 0 Å². The van der Waals surface area contributed by atoms with E-state index < -0.39 is 11.9 Å². The lowest BCUT2D eigenvalue weighted by atomic mass is 9.97. The average Bonchev–Trinajstić information content (AvgIpc) is 3.12. The van der Waals surface area contributed by atoms with Crippen molar-refractivity contribution >= 4 is 17.5 Å².